The van der Waals surface area contributed by atoms with Crippen molar-refractivity contribution in [1.29, 1.82) is 0 Å². The van der Waals surface area contributed by atoms with Crippen molar-refractivity contribution >= 4 is 23.1 Å². The van der Waals surface area contributed by atoms with Crippen molar-refractivity contribution in [3.05, 3.63) is 53.0 Å². The number of carbonyl (C=O) groups is 1. The highest BCUT2D eigenvalue weighted by molar-refractivity contribution is 5.88. The molecular formula is C22H24FN5O2. The summed E-state index contributed by atoms with van der Waals surface area (Å²) in [6.07, 6.45) is 3.89. The van der Waals surface area contributed by atoms with Gasteiger partial charge >= 0.3 is 0 Å². The fourth-order valence-corrected chi connectivity index (χ4v) is 4.57. The van der Waals surface area contributed by atoms with Crippen LogP contribution in [-0.2, 0) is 15.1 Å². The normalized spacial score (nSPS) is 20.3. The number of Topliss-reactive ketones (excluding diaryl/α,β-unsaturated/α-hetero) is 1. The molecule has 1 aromatic carbocycles. The minimum Gasteiger partial charge on any atom is -0.382 e. The Labute approximate surface area is 173 Å². The number of ketones is 1. The Kier molecular flexibility index (Phi) is 4.28. The number of aromatic nitrogens is 3. The molecule has 2 aliphatic rings. The second-order valence-electron chi connectivity index (χ2n) is 8.13. The number of carbonyl (C=O) groups excluding carboxylic acids is 1. The number of nitrogens with two attached hydrogens (primary N) is 1. The first-order chi connectivity index (χ1) is 14.4. The van der Waals surface area contributed by atoms with Gasteiger partial charge in [0.15, 0.2) is 17.2 Å². The van der Waals surface area contributed by atoms with E-state index >= 15 is 0 Å². The van der Waals surface area contributed by atoms with Gasteiger partial charge in [0.1, 0.15) is 17.2 Å². The van der Waals surface area contributed by atoms with Crippen LogP contribution >= 0.6 is 0 Å². The molecule has 3 aromatic rings. The van der Waals surface area contributed by atoms with Gasteiger partial charge in [-0.1, -0.05) is 6.07 Å². The molecule has 0 bridgehead atoms. The van der Waals surface area contributed by atoms with E-state index < -0.39 is 5.60 Å². The zero-order valence-corrected chi connectivity index (χ0v) is 17.1. The van der Waals surface area contributed by atoms with Crippen molar-refractivity contribution in [2.45, 2.75) is 44.8 Å². The Morgan fingerprint density at radius 3 is 2.87 bits per heavy atom. The van der Waals surface area contributed by atoms with Gasteiger partial charge in [0.05, 0.1) is 18.2 Å². The minimum atomic E-state index is -0.425. The summed E-state index contributed by atoms with van der Waals surface area (Å²) >= 11 is 0. The summed E-state index contributed by atoms with van der Waals surface area (Å²) in [5.41, 5.74) is 9.02. The van der Waals surface area contributed by atoms with Crippen molar-refractivity contribution < 1.29 is 13.9 Å². The summed E-state index contributed by atoms with van der Waals surface area (Å²) in [5, 5.41) is 4.40. The summed E-state index contributed by atoms with van der Waals surface area (Å²) in [4.78, 5) is 19.2. The molecule has 5 rings (SSSR count). The van der Waals surface area contributed by atoms with Crippen LogP contribution in [0.4, 0.5) is 16.0 Å². The van der Waals surface area contributed by atoms with E-state index in [0.717, 1.165) is 29.5 Å². The molecule has 0 amide bonds. The fourth-order valence-electron chi connectivity index (χ4n) is 4.57. The number of anilines is 2. The maximum atomic E-state index is 13.9. The van der Waals surface area contributed by atoms with E-state index in [-0.39, 0.29) is 24.2 Å². The Morgan fingerprint density at radius 2 is 2.13 bits per heavy atom. The number of ether oxygens (including phenoxy) is 1. The molecule has 2 N–H and O–H groups in total. The van der Waals surface area contributed by atoms with Crippen LogP contribution in [0.2, 0.25) is 0 Å². The highest BCUT2D eigenvalue weighted by Crippen LogP contribution is 2.52. The van der Waals surface area contributed by atoms with Crippen LogP contribution in [0.3, 0.4) is 0 Å². The van der Waals surface area contributed by atoms with Gasteiger partial charge in [0.2, 0.25) is 0 Å². The molecule has 1 unspecified atom stereocenters. The Morgan fingerprint density at radius 1 is 1.33 bits per heavy atom. The van der Waals surface area contributed by atoms with Gasteiger partial charge in [-0.2, -0.15) is 0 Å². The number of hydrogen-bond donors (Lipinski definition) is 1. The van der Waals surface area contributed by atoms with Crippen molar-refractivity contribution in [3.8, 4) is 0 Å². The standard InChI is InChI=1S/C22H24FN5O2/c1-3-30-22(7-8-22)19-20(24)26-28-9-6-18(25-21(19)28)27-12-15(29)11-17(27)16-10-14(23)5-4-13(16)2/h4-6,9-10,17H,3,7-8,11-12H2,1-2H3,(H2,24,26). The number of halogens is 1. The molecule has 7 nitrogen and oxygen atoms in total. The molecule has 2 aromatic heterocycles. The number of fused-ring (bicyclic) bond motifs is 1. The predicted molar refractivity (Wildman–Crippen MR) is 111 cm³/mol. The molecule has 2 fully saturated rings. The molecule has 1 aliphatic heterocycles. The lowest BCUT2D eigenvalue weighted by Gasteiger charge is -2.26. The lowest BCUT2D eigenvalue weighted by molar-refractivity contribution is -0.116. The lowest BCUT2D eigenvalue weighted by atomic mass is 9.99. The summed E-state index contributed by atoms with van der Waals surface area (Å²) in [6, 6.07) is 6.27. The largest absolute Gasteiger partial charge is 0.382 e. The highest BCUT2D eigenvalue weighted by Gasteiger charge is 2.49. The van der Waals surface area contributed by atoms with Gasteiger partial charge in [-0.05, 0) is 56.0 Å². The third-order valence-corrected chi connectivity index (χ3v) is 6.12. The van der Waals surface area contributed by atoms with Crippen LogP contribution < -0.4 is 10.6 Å². The van der Waals surface area contributed by atoms with E-state index in [1.54, 1.807) is 16.8 Å². The van der Waals surface area contributed by atoms with Crippen LogP contribution in [-0.4, -0.2) is 33.5 Å². The van der Waals surface area contributed by atoms with Gasteiger partial charge in [0.25, 0.3) is 0 Å². The monoisotopic (exact) mass is 409 g/mol. The third-order valence-electron chi connectivity index (χ3n) is 6.12. The number of rotatable bonds is 5. The maximum absolute atomic E-state index is 13.9. The molecule has 1 aliphatic carbocycles. The topological polar surface area (TPSA) is 85.8 Å². The molecule has 1 saturated carbocycles. The van der Waals surface area contributed by atoms with Gasteiger partial charge in [-0.3, -0.25) is 4.79 Å². The van der Waals surface area contributed by atoms with Crippen molar-refractivity contribution in [3.63, 3.8) is 0 Å². The van der Waals surface area contributed by atoms with Crippen molar-refractivity contribution in [2.24, 2.45) is 0 Å². The van der Waals surface area contributed by atoms with E-state index in [1.807, 2.05) is 24.8 Å². The van der Waals surface area contributed by atoms with Crippen molar-refractivity contribution in [2.75, 3.05) is 23.8 Å². The number of aryl methyl sites for hydroxylation is 1. The number of nitrogen functional groups attached to an aromatic ring is 1. The zero-order valence-electron chi connectivity index (χ0n) is 17.1. The molecule has 1 atom stereocenters. The Hall–Kier alpha value is -3.00. The molecule has 8 heteroatoms. The van der Waals surface area contributed by atoms with Crippen LogP contribution in [0.15, 0.2) is 30.5 Å². The molecule has 30 heavy (non-hydrogen) atoms. The van der Waals surface area contributed by atoms with E-state index in [9.17, 15) is 9.18 Å². The smallest absolute Gasteiger partial charge is 0.165 e. The SMILES string of the molecule is CCOC1(c2c(N)nn3ccc(N4CC(=O)CC4c4cc(F)ccc4C)nc23)CC1. The first-order valence-corrected chi connectivity index (χ1v) is 10.3. The van der Waals surface area contributed by atoms with Crippen LogP contribution in [0.1, 0.15) is 48.9 Å². The maximum Gasteiger partial charge on any atom is 0.165 e. The molecule has 156 valence electrons. The second kappa shape index (κ2) is 6.77. The van der Waals surface area contributed by atoms with Crippen LogP contribution in [0.5, 0.6) is 0 Å². The number of nitrogens with zero attached hydrogens (tertiary/aromatic N) is 4. The van der Waals surface area contributed by atoms with E-state index in [2.05, 4.69) is 5.10 Å². The van der Waals surface area contributed by atoms with Gasteiger partial charge in [0, 0.05) is 19.2 Å². The quantitative estimate of drug-likeness (QED) is 0.696. The number of hydrogen-bond acceptors (Lipinski definition) is 6. The average molecular weight is 409 g/mol. The average Bonchev–Trinajstić information content (AvgIpc) is 3.24. The Bertz CT molecular complexity index is 1150. The first-order valence-electron chi connectivity index (χ1n) is 10.3. The summed E-state index contributed by atoms with van der Waals surface area (Å²) in [7, 11) is 0. The van der Waals surface area contributed by atoms with Gasteiger partial charge in [-0.25, -0.2) is 13.9 Å². The van der Waals surface area contributed by atoms with Crippen LogP contribution in [0.25, 0.3) is 5.65 Å². The Balaban J connectivity index is 1.60. The lowest BCUT2D eigenvalue weighted by Crippen LogP contribution is -2.25. The van der Waals surface area contributed by atoms with E-state index in [4.69, 9.17) is 15.5 Å². The molecule has 1 saturated heterocycles. The predicted octanol–water partition coefficient (Wildman–Crippen LogP) is 3.31. The molecule has 3 heterocycles. The minimum absolute atomic E-state index is 0.103. The van der Waals surface area contributed by atoms with Gasteiger partial charge in [-0.15, -0.1) is 5.10 Å². The second-order valence-corrected chi connectivity index (χ2v) is 8.13. The van der Waals surface area contributed by atoms with E-state index in [1.165, 1.54) is 12.1 Å². The molecular weight excluding hydrogens is 385 g/mol. The van der Waals surface area contributed by atoms with Crippen molar-refractivity contribution in [1.82, 2.24) is 14.6 Å². The van der Waals surface area contributed by atoms with E-state index in [0.29, 0.717) is 30.3 Å². The van der Waals surface area contributed by atoms with Crippen LogP contribution in [0, 0.1) is 12.7 Å². The first kappa shape index (κ1) is 19.0. The number of benzene rings is 1. The summed E-state index contributed by atoms with van der Waals surface area (Å²) < 4.78 is 21.6. The molecule has 0 radical (unpaired) electrons. The third kappa shape index (κ3) is 2.94. The summed E-state index contributed by atoms with van der Waals surface area (Å²) in [5.74, 6) is 0.860. The molecule has 0 spiro atoms. The van der Waals surface area contributed by atoms with Gasteiger partial charge < -0.3 is 15.4 Å². The zero-order chi connectivity index (χ0) is 21.0. The summed E-state index contributed by atoms with van der Waals surface area (Å²) in [6.45, 7) is 4.71. The highest BCUT2D eigenvalue weighted by atomic mass is 19.1. The fraction of sp³-hybridized carbons (Fsp3) is 0.409.